The molecule has 0 atom stereocenters. The van der Waals surface area contributed by atoms with E-state index in [0.29, 0.717) is 0 Å². The van der Waals surface area contributed by atoms with E-state index in [1.54, 1.807) is 0 Å². The zero-order chi connectivity index (χ0) is 9.90. The monoisotopic (exact) mass is 223 g/mol. The maximum atomic E-state index is 10.9. The smallest absolute Gasteiger partial charge is 0.208 e. The average Bonchev–Trinajstić information content (AvgIpc) is 2.03. The molecule has 3 nitrogen and oxygen atoms in total. The largest absolute Gasteiger partial charge is 0.213 e. The second-order valence-electron chi connectivity index (χ2n) is 3.60. The highest BCUT2D eigenvalue weighted by Gasteiger charge is 2.22. The van der Waals surface area contributed by atoms with E-state index in [1.807, 2.05) is 11.8 Å². The lowest BCUT2D eigenvalue weighted by Crippen LogP contribution is -2.37. The Bertz CT molecular complexity index is 243. The zero-order valence-corrected chi connectivity index (χ0v) is 9.75. The van der Waals surface area contributed by atoms with Crippen molar-refractivity contribution in [3.8, 4) is 0 Å². The fourth-order valence-corrected chi connectivity index (χ4v) is 3.30. The lowest BCUT2D eigenvalue weighted by atomic mass is 9.96. The first-order valence-corrected chi connectivity index (χ1v) is 7.69. The highest BCUT2D eigenvalue weighted by atomic mass is 32.2. The van der Waals surface area contributed by atoms with Crippen LogP contribution in [0.15, 0.2) is 0 Å². The topological polar surface area (TPSA) is 46.2 Å². The summed E-state index contributed by atoms with van der Waals surface area (Å²) in [5.74, 6) is 0. The standard InChI is InChI=1S/C8H17NO2S2/c1-12-8-5-3-7(4-6-8)9-13(2,10)11/h7-9H,3-6H2,1-2H3/t7-,8+. The second-order valence-corrected chi connectivity index (χ2v) is 6.52. The molecule has 78 valence electrons. The van der Waals surface area contributed by atoms with Gasteiger partial charge in [0.1, 0.15) is 0 Å². The Morgan fingerprint density at radius 3 is 2.15 bits per heavy atom. The van der Waals surface area contributed by atoms with Crippen LogP contribution in [0.5, 0.6) is 0 Å². The van der Waals surface area contributed by atoms with Crippen molar-refractivity contribution in [2.75, 3.05) is 12.5 Å². The summed E-state index contributed by atoms with van der Waals surface area (Å²) in [5.41, 5.74) is 0. The number of thioether (sulfide) groups is 1. The van der Waals surface area contributed by atoms with Crippen LogP contribution in [0.1, 0.15) is 25.7 Å². The number of hydrogen-bond donors (Lipinski definition) is 1. The fourth-order valence-electron chi connectivity index (χ4n) is 1.72. The molecule has 5 heteroatoms. The summed E-state index contributed by atoms with van der Waals surface area (Å²) in [6.45, 7) is 0. The van der Waals surface area contributed by atoms with Crippen LogP contribution in [0, 0.1) is 0 Å². The molecule has 0 aromatic heterocycles. The van der Waals surface area contributed by atoms with E-state index in [9.17, 15) is 8.42 Å². The van der Waals surface area contributed by atoms with Crippen LogP contribution in [0.2, 0.25) is 0 Å². The number of sulfonamides is 1. The Kier molecular flexibility index (Phi) is 4.06. The number of hydrogen-bond acceptors (Lipinski definition) is 3. The van der Waals surface area contributed by atoms with Crippen molar-refractivity contribution in [2.24, 2.45) is 0 Å². The first-order valence-electron chi connectivity index (χ1n) is 4.51. The molecule has 0 unspecified atom stereocenters. The third kappa shape index (κ3) is 4.33. The molecule has 1 aliphatic rings. The Morgan fingerprint density at radius 2 is 1.77 bits per heavy atom. The molecule has 1 aliphatic carbocycles. The second kappa shape index (κ2) is 4.66. The highest BCUT2D eigenvalue weighted by molar-refractivity contribution is 7.99. The van der Waals surface area contributed by atoms with Gasteiger partial charge in [-0.05, 0) is 31.9 Å². The first kappa shape index (κ1) is 11.3. The van der Waals surface area contributed by atoms with Crippen LogP contribution >= 0.6 is 11.8 Å². The van der Waals surface area contributed by atoms with Crippen LogP contribution < -0.4 is 4.72 Å². The Labute approximate surface area is 84.7 Å². The molecule has 0 saturated heterocycles. The Hall–Kier alpha value is 0.260. The summed E-state index contributed by atoms with van der Waals surface area (Å²) in [7, 11) is -3.00. The van der Waals surface area contributed by atoms with Crippen LogP contribution in [0.4, 0.5) is 0 Å². The van der Waals surface area contributed by atoms with Crippen molar-refractivity contribution >= 4 is 21.8 Å². The van der Waals surface area contributed by atoms with Crippen molar-refractivity contribution in [3.63, 3.8) is 0 Å². The molecular weight excluding hydrogens is 206 g/mol. The van der Waals surface area contributed by atoms with Gasteiger partial charge >= 0.3 is 0 Å². The van der Waals surface area contributed by atoms with Gasteiger partial charge in [-0.2, -0.15) is 11.8 Å². The molecule has 0 aliphatic heterocycles. The Morgan fingerprint density at radius 1 is 1.23 bits per heavy atom. The van der Waals surface area contributed by atoms with E-state index in [4.69, 9.17) is 0 Å². The summed E-state index contributed by atoms with van der Waals surface area (Å²) in [4.78, 5) is 0. The summed E-state index contributed by atoms with van der Waals surface area (Å²) >= 11 is 1.89. The summed E-state index contributed by atoms with van der Waals surface area (Å²) in [5, 5.41) is 0.734. The third-order valence-electron chi connectivity index (χ3n) is 2.39. The minimum Gasteiger partial charge on any atom is -0.213 e. The molecule has 0 heterocycles. The van der Waals surface area contributed by atoms with Gasteiger partial charge in [0.05, 0.1) is 6.26 Å². The predicted octanol–water partition coefficient (Wildman–Crippen LogP) is 1.21. The average molecular weight is 223 g/mol. The number of rotatable bonds is 3. The predicted molar refractivity (Wildman–Crippen MR) is 57.5 cm³/mol. The Balaban J connectivity index is 2.33. The van der Waals surface area contributed by atoms with Crippen LogP contribution in [-0.2, 0) is 10.0 Å². The molecule has 1 fully saturated rings. The van der Waals surface area contributed by atoms with Crippen LogP contribution in [-0.4, -0.2) is 32.2 Å². The molecule has 0 amide bonds. The van der Waals surface area contributed by atoms with E-state index in [-0.39, 0.29) is 6.04 Å². The molecule has 1 N–H and O–H groups in total. The normalized spacial score (nSPS) is 30.3. The zero-order valence-electron chi connectivity index (χ0n) is 8.12. The third-order valence-corrected chi connectivity index (χ3v) is 4.29. The minimum absolute atomic E-state index is 0.179. The van der Waals surface area contributed by atoms with Gasteiger partial charge in [-0.3, -0.25) is 0 Å². The van der Waals surface area contributed by atoms with Crippen molar-refractivity contribution < 1.29 is 8.42 Å². The van der Waals surface area contributed by atoms with Crippen molar-refractivity contribution in [3.05, 3.63) is 0 Å². The molecule has 1 rings (SSSR count). The van der Waals surface area contributed by atoms with E-state index in [0.717, 1.165) is 30.9 Å². The van der Waals surface area contributed by atoms with Gasteiger partial charge in [0.15, 0.2) is 0 Å². The molecular formula is C8H17NO2S2. The van der Waals surface area contributed by atoms with E-state index >= 15 is 0 Å². The molecule has 0 radical (unpaired) electrons. The molecule has 0 aromatic rings. The first-order chi connectivity index (χ1) is 6.01. The van der Waals surface area contributed by atoms with Gasteiger partial charge in [-0.1, -0.05) is 0 Å². The van der Waals surface area contributed by atoms with Gasteiger partial charge < -0.3 is 0 Å². The molecule has 0 aromatic carbocycles. The van der Waals surface area contributed by atoms with E-state index in [1.165, 1.54) is 6.26 Å². The van der Waals surface area contributed by atoms with Crippen LogP contribution in [0.3, 0.4) is 0 Å². The lowest BCUT2D eigenvalue weighted by Gasteiger charge is -2.27. The van der Waals surface area contributed by atoms with Gasteiger partial charge in [0.2, 0.25) is 10.0 Å². The molecule has 0 bridgehead atoms. The summed E-state index contributed by atoms with van der Waals surface area (Å²) in [6.07, 6.45) is 7.59. The van der Waals surface area contributed by atoms with E-state index in [2.05, 4.69) is 11.0 Å². The van der Waals surface area contributed by atoms with Crippen molar-refractivity contribution in [2.45, 2.75) is 37.0 Å². The summed E-state index contributed by atoms with van der Waals surface area (Å²) in [6, 6.07) is 0.179. The van der Waals surface area contributed by atoms with Crippen molar-refractivity contribution in [1.29, 1.82) is 0 Å². The SMILES string of the molecule is CS[C@H]1CC[C@@H](NS(C)(=O)=O)CC1. The van der Waals surface area contributed by atoms with E-state index < -0.39 is 10.0 Å². The number of nitrogens with one attached hydrogen (secondary N) is 1. The van der Waals surface area contributed by atoms with Gasteiger partial charge in [-0.15, -0.1) is 0 Å². The van der Waals surface area contributed by atoms with Gasteiger partial charge in [0.25, 0.3) is 0 Å². The molecule has 1 saturated carbocycles. The molecule has 0 spiro atoms. The van der Waals surface area contributed by atoms with Crippen molar-refractivity contribution in [1.82, 2.24) is 4.72 Å². The molecule has 13 heavy (non-hydrogen) atoms. The maximum Gasteiger partial charge on any atom is 0.208 e. The van der Waals surface area contributed by atoms with Gasteiger partial charge in [0, 0.05) is 11.3 Å². The minimum atomic E-state index is -3.00. The quantitative estimate of drug-likeness (QED) is 0.782. The highest BCUT2D eigenvalue weighted by Crippen LogP contribution is 2.26. The lowest BCUT2D eigenvalue weighted by molar-refractivity contribution is 0.421. The van der Waals surface area contributed by atoms with Gasteiger partial charge in [-0.25, -0.2) is 13.1 Å². The fraction of sp³-hybridized carbons (Fsp3) is 1.00. The maximum absolute atomic E-state index is 10.9. The van der Waals surface area contributed by atoms with Crippen LogP contribution in [0.25, 0.3) is 0 Å². The summed E-state index contributed by atoms with van der Waals surface area (Å²) < 4.78 is 24.5.